The molecule has 0 aliphatic heterocycles. The van der Waals surface area contributed by atoms with Gasteiger partial charge in [-0.3, -0.25) is 0 Å². The van der Waals surface area contributed by atoms with Crippen LogP contribution in [-0.2, 0) is 52.4 Å². The molecule has 0 saturated heterocycles. The number of hydrogen-bond donors (Lipinski definition) is 2. The molecule has 4 aromatic carbocycles. The second kappa shape index (κ2) is 16.8. The summed E-state index contributed by atoms with van der Waals surface area (Å²) < 4.78 is 15.9. The molecule has 11 heteroatoms. The van der Waals surface area contributed by atoms with Gasteiger partial charge in [0, 0.05) is 0 Å². The molecule has 48 heavy (non-hydrogen) atoms. The highest BCUT2D eigenvalue weighted by Gasteiger charge is 2.53. The highest BCUT2D eigenvalue weighted by atomic mass is 17.2. The van der Waals surface area contributed by atoms with E-state index in [1.54, 1.807) is 98.8 Å². The second-order valence-electron chi connectivity index (χ2n) is 11.1. The topological polar surface area (TPSA) is 147 Å². The van der Waals surface area contributed by atoms with Crippen LogP contribution < -0.4 is 10.1 Å². The number of hydrogen-bond acceptors (Lipinski definition) is 10. The first-order valence-corrected chi connectivity index (χ1v) is 15.2. The summed E-state index contributed by atoms with van der Waals surface area (Å²) in [5.41, 5.74) is -1.08. The number of methoxy groups -OCH3 is 1. The lowest BCUT2D eigenvalue weighted by atomic mass is 9.77. The Balaban J connectivity index is 1.55. The van der Waals surface area contributed by atoms with Crippen LogP contribution in [0.15, 0.2) is 115 Å². The molecule has 0 spiro atoms. The van der Waals surface area contributed by atoms with E-state index in [0.717, 1.165) is 5.56 Å². The Morgan fingerprint density at radius 1 is 0.688 bits per heavy atom. The molecule has 1 amide bonds. The van der Waals surface area contributed by atoms with Crippen molar-refractivity contribution in [2.75, 3.05) is 7.11 Å². The molecule has 0 fully saturated rings. The summed E-state index contributed by atoms with van der Waals surface area (Å²) in [5.74, 6) is -5.17. The molecular formula is C37H37NO10. The first-order chi connectivity index (χ1) is 23.1. The maximum atomic E-state index is 13.8. The van der Waals surface area contributed by atoms with E-state index in [-0.39, 0.29) is 24.3 Å². The van der Waals surface area contributed by atoms with Crippen molar-refractivity contribution < 1.29 is 48.3 Å². The fourth-order valence-electron chi connectivity index (χ4n) is 4.84. The van der Waals surface area contributed by atoms with Gasteiger partial charge in [0.25, 0.3) is 0 Å². The molecular weight excluding hydrogens is 618 g/mol. The Hall–Kier alpha value is -5.68. The summed E-state index contributed by atoms with van der Waals surface area (Å²) in [4.78, 5) is 63.1. The van der Waals surface area contributed by atoms with Crippen LogP contribution in [0.2, 0.25) is 0 Å². The van der Waals surface area contributed by atoms with Crippen LogP contribution in [-0.4, -0.2) is 42.3 Å². The SMILES string of the molecule is COc1ccc(COC(=O)C(O)(c2ccccc2)C(C(=O)OOC(=O)[C@@H](NC(=O)OCc2ccccc2)C(C)C)c2ccccc2)cc1. The summed E-state index contributed by atoms with van der Waals surface area (Å²) in [6.45, 7) is 3.02. The maximum Gasteiger partial charge on any atom is 0.408 e. The molecule has 0 radical (unpaired) electrons. The van der Waals surface area contributed by atoms with Crippen LogP contribution in [0.1, 0.15) is 42.0 Å². The lowest BCUT2D eigenvalue weighted by molar-refractivity contribution is -0.265. The third kappa shape index (κ3) is 8.98. The zero-order valence-electron chi connectivity index (χ0n) is 26.7. The summed E-state index contributed by atoms with van der Waals surface area (Å²) >= 11 is 0. The van der Waals surface area contributed by atoms with Gasteiger partial charge in [-0.2, -0.15) is 0 Å². The first kappa shape index (κ1) is 35.2. The van der Waals surface area contributed by atoms with Gasteiger partial charge in [-0.25, -0.2) is 29.0 Å². The average molecular weight is 656 g/mol. The van der Waals surface area contributed by atoms with Crippen molar-refractivity contribution in [3.8, 4) is 5.75 Å². The van der Waals surface area contributed by atoms with Crippen molar-refractivity contribution in [2.24, 2.45) is 5.92 Å². The standard InChI is InChI=1S/C37H37NO10/c1-25(2)32(38-36(42)46-24-26-13-7-4-8-14-26)34(40)48-47-33(39)31(28-15-9-5-10-16-28)37(43,29-17-11-6-12-18-29)35(41)45-23-27-19-21-30(44-3)22-20-27/h4-22,25,31-32,43H,23-24H2,1-3H3,(H,38,42)/t31?,32-,37?/m0/s1. The van der Waals surface area contributed by atoms with E-state index in [1.807, 2.05) is 6.07 Å². The minimum atomic E-state index is -2.63. The Labute approximate surface area is 278 Å². The molecule has 0 aliphatic carbocycles. The van der Waals surface area contributed by atoms with E-state index in [2.05, 4.69) is 5.32 Å². The highest BCUT2D eigenvalue weighted by Crippen LogP contribution is 2.40. The minimum absolute atomic E-state index is 0.0322. The number of carbonyl (C=O) groups excluding carboxylic acids is 4. The molecule has 0 heterocycles. The zero-order chi connectivity index (χ0) is 34.5. The van der Waals surface area contributed by atoms with Crippen LogP contribution in [0.25, 0.3) is 0 Å². The summed E-state index contributed by atoms with van der Waals surface area (Å²) in [5, 5.41) is 14.6. The van der Waals surface area contributed by atoms with E-state index in [9.17, 15) is 24.3 Å². The maximum absolute atomic E-state index is 13.8. The fourth-order valence-corrected chi connectivity index (χ4v) is 4.84. The largest absolute Gasteiger partial charge is 0.497 e. The van der Waals surface area contributed by atoms with Gasteiger partial charge < -0.3 is 24.6 Å². The van der Waals surface area contributed by atoms with Gasteiger partial charge in [0.05, 0.1) is 7.11 Å². The molecule has 0 bridgehead atoms. The summed E-state index contributed by atoms with van der Waals surface area (Å²) in [7, 11) is 1.52. The second-order valence-corrected chi connectivity index (χ2v) is 11.1. The Bertz CT molecular complexity index is 1650. The van der Waals surface area contributed by atoms with Crippen molar-refractivity contribution in [2.45, 2.75) is 44.6 Å². The molecule has 4 aromatic rings. The number of amides is 1. The number of rotatable bonds is 13. The van der Waals surface area contributed by atoms with Crippen LogP contribution in [0.5, 0.6) is 5.75 Å². The predicted molar refractivity (Wildman–Crippen MR) is 173 cm³/mol. The molecule has 0 saturated carbocycles. The van der Waals surface area contributed by atoms with Crippen LogP contribution in [0.4, 0.5) is 4.79 Å². The van der Waals surface area contributed by atoms with E-state index < -0.39 is 47.5 Å². The molecule has 2 unspecified atom stereocenters. The van der Waals surface area contributed by atoms with E-state index in [0.29, 0.717) is 11.3 Å². The quantitative estimate of drug-likeness (QED) is 0.110. The van der Waals surface area contributed by atoms with Crippen LogP contribution in [0, 0.1) is 5.92 Å². The first-order valence-electron chi connectivity index (χ1n) is 15.2. The number of ether oxygens (including phenoxy) is 3. The number of carbonyl (C=O) groups is 4. The third-order valence-corrected chi connectivity index (χ3v) is 7.45. The van der Waals surface area contributed by atoms with E-state index in [1.165, 1.54) is 31.4 Å². The highest BCUT2D eigenvalue weighted by molar-refractivity contribution is 5.92. The summed E-state index contributed by atoms with van der Waals surface area (Å²) in [6.07, 6.45) is -0.888. The van der Waals surface area contributed by atoms with Gasteiger partial charge in [-0.1, -0.05) is 117 Å². The van der Waals surface area contributed by atoms with Crippen molar-refractivity contribution in [3.05, 3.63) is 138 Å². The molecule has 3 atom stereocenters. The van der Waals surface area contributed by atoms with Crippen molar-refractivity contribution >= 4 is 24.0 Å². The van der Waals surface area contributed by atoms with Crippen molar-refractivity contribution in [1.29, 1.82) is 0 Å². The van der Waals surface area contributed by atoms with Gasteiger partial charge in [0.15, 0.2) is 0 Å². The molecule has 2 N–H and O–H groups in total. The molecule has 250 valence electrons. The lowest BCUT2D eigenvalue weighted by Gasteiger charge is -2.33. The molecule has 4 rings (SSSR count). The number of nitrogens with one attached hydrogen (secondary N) is 1. The van der Waals surface area contributed by atoms with Crippen molar-refractivity contribution in [1.82, 2.24) is 5.32 Å². The van der Waals surface area contributed by atoms with Gasteiger partial charge in [0.1, 0.15) is 30.9 Å². The van der Waals surface area contributed by atoms with Crippen LogP contribution in [0.3, 0.4) is 0 Å². The number of aliphatic hydroxyl groups is 1. The van der Waals surface area contributed by atoms with Gasteiger partial charge >= 0.3 is 24.0 Å². The number of alkyl carbamates (subject to hydrolysis) is 1. The molecule has 0 aromatic heterocycles. The third-order valence-electron chi connectivity index (χ3n) is 7.45. The van der Waals surface area contributed by atoms with Gasteiger partial charge in [-0.05, 0) is 40.3 Å². The monoisotopic (exact) mass is 655 g/mol. The normalized spacial score (nSPS) is 13.3. The summed E-state index contributed by atoms with van der Waals surface area (Å²) in [6, 6.07) is 30.1. The van der Waals surface area contributed by atoms with Crippen molar-refractivity contribution in [3.63, 3.8) is 0 Å². The lowest BCUT2D eigenvalue weighted by Crippen LogP contribution is -2.48. The van der Waals surface area contributed by atoms with Crippen LogP contribution >= 0.6 is 0 Å². The van der Waals surface area contributed by atoms with Gasteiger partial charge in [0.2, 0.25) is 5.60 Å². The number of esters is 1. The smallest absolute Gasteiger partial charge is 0.408 e. The van der Waals surface area contributed by atoms with E-state index >= 15 is 0 Å². The molecule has 0 aliphatic rings. The number of benzene rings is 4. The Morgan fingerprint density at radius 2 is 1.21 bits per heavy atom. The zero-order valence-corrected chi connectivity index (χ0v) is 26.7. The minimum Gasteiger partial charge on any atom is -0.497 e. The van der Waals surface area contributed by atoms with E-state index in [4.69, 9.17) is 24.0 Å². The Kier molecular flexibility index (Phi) is 12.3. The molecule has 11 nitrogen and oxygen atoms in total. The average Bonchev–Trinajstić information content (AvgIpc) is 3.12. The Morgan fingerprint density at radius 3 is 1.79 bits per heavy atom. The predicted octanol–water partition coefficient (Wildman–Crippen LogP) is 5.36. The van der Waals surface area contributed by atoms with Gasteiger partial charge in [-0.15, -0.1) is 0 Å². The fraction of sp³-hybridized carbons (Fsp3) is 0.243.